The smallest absolute Gasteiger partial charge is 0.247 e. The fourth-order valence-corrected chi connectivity index (χ4v) is 5.66. The minimum absolute atomic E-state index is 0.0649. The molecule has 0 fully saturated rings. The molecule has 3 aromatic rings. The van der Waals surface area contributed by atoms with Crippen LogP contribution in [0.3, 0.4) is 0 Å². The van der Waals surface area contributed by atoms with Gasteiger partial charge >= 0.3 is 0 Å². The zero-order valence-electron chi connectivity index (χ0n) is 21.4. The second kappa shape index (κ2) is 11.1. The van der Waals surface area contributed by atoms with Gasteiger partial charge < -0.3 is 10.2 Å². The number of amides is 2. The van der Waals surface area contributed by atoms with Gasteiger partial charge in [0.05, 0.1) is 39.4 Å². The number of nitrogens with one attached hydrogen (secondary N) is 1. The Morgan fingerprint density at radius 3 is 2.67 bits per heavy atom. The Hall–Kier alpha value is -3.30. The van der Waals surface area contributed by atoms with Crippen LogP contribution < -0.4 is 5.32 Å². The highest BCUT2D eigenvalue weighted by Crippen LogP contribution is 2.39. The number of pyridine rings is 1. The minimum Gasteiger partial charge on any atom is -0.330 e. The van der Waals surface area contributed by atoms with Gasteiger partial charge in [0.25, 0.3) is 0 Å². The summed E-state index contributed by atoms with van der Waals surface area (Å²) in [6, 6.07) is 6.01. The van der Waals surface area contributed by atoms with E-state index in [-0.39, 0.29) is 33.3 Å². The van der Waals surface area contributed by atoms with Crippen molar-refractivity contribution < 1.29 is 18.4 Å². The number of hydrogen-bond donors (Lipinski definition) is 1. The van der Waals surface area contributed by atoms with Crippen LogP contribution in [0.4, 0.5) is 14.5 Å². The van der Waals surface area contributed by atoms with E-state index in [1.165, 1.54) is 36.0 Å². The van der Waals surface area contributed by atoms with Crippen molar-refractivity contribution in [1.29, 1.82) is 0 Å². The summed E-state index contributed by atoms with van der Waals surface area (Å²) in [5.41, 5.74) is 2.70. The molecule has 2 amide bonds. The van der Waals surface area contributed by atoms with Crippen LogP contribution in [0, 0.1) is 11.7 Å². The molecule has 3 atom stereocenters. The van der Waals surface area contributed by atoms with Gasteiger partial charge in [0.1, 0.15) is 0 Å². The summed E-state index contributed by atoms with van der Waals surface area (Å²) in [5.74, 6) is -1.45. The Labute approximate surface area is 234 Å². The van der Waals surface area contributed by atoms with Gasteiger partial charge in [-0.15, -0.1) is 0 Å². The summed E-state index contributed by atoms with van der Waals surface area (Å²) < 4.78 is 30.5. The van der Waals surface area contributed by atoms with Crippen molar-refractivity contribution in [3.05, 3.63) is 69.9 Å². The zero-order valence-corrected chi connectivity index (χ0v) is 22.9. The number of aromatic nitrogens is 3. The van der Waals surface area contributed by atoms with E-state index in [0.717, 1.165) is 0 Å². The molecule has 0 spiro atoms. The lowest BCUT2D eigenvalue weighted by Crippen LogP contribution is -2.38. The summed E-state index contributed by atoms with van der Waals surface area (Å²) in [6.45, 7) is 3.51. The van der Waals surface area contributed by atoms with Gasteiger partial charge in [0.15, 0.2) is 12.1 Å². The normalized spacial score (nSPS) is 20.9. The van der Waals surface area contributed by atoms with Gasteiger partial charge in [0.2, 0.25) is 11.8 Å². The van der Waals surface area contributed by atoms with Crippen LogP contribution in [-0.2, 0) is 9.59 Å². The first-order valence-electron chi connectivity index (χ1n) is 12.8. The summed E-state index contributed by atoms with van der Waals surface area (Å²) in [4.78, 5) is 32.7. The third-order valence-electron chi connectivity index (χ3n) is 7.29. The van der Waals surface area contributed by atoms with E-state index in [1.54, 1.807) is 23.2 Å². The number of fused-ring (bicyclic) bond motifs is 4. The van der Waals surface area contributed by atoms with Gasteiger partial charge in [-0.25, -0.2) is 13.5 Å². The zero-order chi connectivity index (χ0) is 27.8. The van der Waals surface area contributed by atoms with Crippen LogP contribution in [0.2, 0.25) is 10.0 Å². The van der Waals surface area contributed by atoms with E-state index in [1.807, 2.05) is 6.92 Å². The Morgan fingerprint density at radius 2 is 1.92 bits per heavy atom. The number of alkyl halides is 1. The first-order chi connectivity index (χ1) is 18.7. The average molecular weight is 574 g/mol. The van der Waals surface area contributed by atoms with Crippen molar-refractivity contribution in [2.45, 2.75) is 51.9 Å². The van der Waals surface area contributed by atoms with Gasteiger partial charge in [-0.1, -0.05) is 36.5 Å². The number of carbonyl (C=O) groups is 2. The summed E-state index contributed by atoms with van der Waals surface area (Å²) in [5, 5.41) is 7.18. The molecule has 2 bridgehead atoms. The number of halogens is 4. The van der Waals surface area contributed by atoms with Crippen molar-refractivity contribution in [3.8, 4) is 11.3 Å². The van der Waals surface area contributed by atoms with Crippen LogP contribution >= 0.6 is 23.2 Å². The molecule has 2 aromatic heterocycles. The first-order valence-corrected chi connectivity index (χ1v) is 13.5. The molecule has 2 aliphatic heterocycles. The highest BCUT2D eigenvalue weighted by atomic mass is 35.5. The highest BCUT2D eigenvalue weighted by molar-refractivity contribution is 6.34. The number of benzene rings is 1. The Bertz CT molecular complexity index is 1470. The van der Waals surface area contributed by atoms with E-state index < -0.39 is 18.2 Å². The molecule has 4 heterocycles. The van der Waals surface area contributed by atoms with E-state index in [4.69, 9.17) is 23.2 Å². The molecular formula is C28H27Cl2F2N5O2. The third-order valence-corrected chi connectivity index (χ3v) is 7.90. The highest BCUT2D eigenvalue weighted by Gasteiger charge is 2.31. The van der Waals surface area contributed by atoms with Crippen LogP contribution in [0.1, 0.15) is 63.1 Å². The van der Waals surface area contributed by atoms with E-state index in [0.29, 0.717) is 60.4 Å². The summed E-state index contributed by atoms with van der Waals surface area (Å²) in [6.07, 6.45) is 5.18. The van der Waals surface area contributed by atoms with Crippen molar-refractivity contribution in [3.63, 3.8) is 0 Å². The molecule has 11 heteroatoms. The number of rotatable bonds is 3. The molecule has 39 heavy (non-hydrogen) atoms. The second-order valence-corrected chi connectivity index (χ2v) is 10.7. The molecule has 2 aliphatic rings. The summed E-state index contributed by atoms with van der Waals surface area (Å²) >= 11 is 12.2. The topological polar surface area (TPSA) is 80.1 Å². The van der Waals surface area contributed by atoms with Crippen LogP contribution in [0.5, 0.6) is 0 Å². The fourth-order valence-electron chi connectivity index (χ4n) is 5.24. The third kappa shape index (κ3) is 5.30. The van der Waals surface area contributed by atoms with E-state index >= 15 is 0 Å². The Kier molecular flexibility index (Phi) is 7.73. The number of hydrogen-bond acceptors (Lipinski definition) is 4. The maximum absolute atomic E-state index is 14.8. The van der Waals surface area contributed by atoms with Gasteiger partial charge in [-0.3, -0.25) is 14.6 Å². The number of anilines is 1. The van der Waals surface area contributed by atoms with Crippen molar-refractivity contribution in [2.24, 2.45) is 5.92 Å². The first kappa shape index (κ1) is 27.3. The Balaban J connectivity index is 1.55. The molecular weight excluding hydrogens is 547 g/mol. The quantitative estimate of drug-likeness (QED) is 0.342. The molecule has 5 rings (SSSR count). The molecule has 1 unspecified atom stereocenters. The van der Waals surface area contributed by atoms with Crippen LogP contribution in [0.25, 0.3) is 16.8 Å². The molecule has 1 N–H and O–H groups in total. The van der Waals surface area contributed by atoms with Crippen LogP contribution in [0.15, 0.2) is 42.7 Å². The van der Waals surface area contributed by atoms with Crippen molar-refractivity contribution >= 4 is 46.3 Å². The van der Waals surface area contributed by atoms with E-state index in [9.17, 15) is 18.4 Å². The lowest BCUT2D eigenvalue weighted by atomic mass is 9.93. The maximum atomic E-state index is 14.8. The van der Waals surface area contributed by atoms with Gasteiger partial charge in [-0.05, 0) is 56.0 Å². The Morgan fingerprint density at radius 1 is 1.15 bits per heavy atom. The molecule has 1 aromatic carbocycles. The van der Waals surface area contributed by atoms with E-state index in [2.05, 4.69) is 15.4 Å². The van der Waals surface area contributed by atoms with Crippen molar-refractivity contribution in [1.82, 2.24) is 19.7 Å². The molecule has 204 valence electrons. The second-order valence-electron chi connectivity index (χ2n) is 9.90. The van der Waals surface area contributed by atoms with Crippen LogP contribution in [-0.4, -0.2) is 38.0 Å². The molecule has 0 radical (unpaired) electrons. The summed E-state index contributed by atoms with van der Waals surface area (Å²) in [7, 11) is 0. The predicted octanol–water partition coefficient (Wildman–Crippen LogP) is 6.99. The fraction of sp³-hybridized carbons (Fsp3) is 0.357. The molecule has 0 aliphatic carbocycles. The largest absolute Gasteiger partial charge is 0.330 e. The molecule has 7 nitrogen and oxygen atoms in total. The predicted molar refractivity (Wildman–Crippen MR) is 146 cm³/mol. The number of carbonyl (C=O) groups excluding carboxylic acids is 2. The average Bonchev–Trinajstić information content (AvgIpc) is 3.33. The standard InChI is InChI=1S/C28H27Cl2F2N5O2/c1-15-4-3-5-23(36-11-9-17(13-24(36)38)25-19(29)6-7-20(30)26(25)32)21-12-18(8-10-33-21)27-22(35-28(15)39)14-34-37(27)16(2)31/h6-8,10,12-16,23H,3-5,9,11H2,1-2H3,(H,35,39)/t15-,16?,23+/m1/s1. The maximum Gasteiger partial charge on any atom is 0.247 e. The minimum atomic E-state index is -1.44. The molecule has 0 saturated carbocycles. The van der Waals surface area contributed by atoms with Gasteiger partial charge in [-0.2, -0.15) is 5.10 Å². The van der Waals surface area contributed by atoms with Crippen molar-refractivity contribution in [2.75, 3.05) is 11.9 Å². The van der Waals surface area contributed by atoms with Gasteiger partial charge in [0, 0.05) is 35.9 Å². The lowest BCUT2D eigenvalue weighted by Gasteiger charge is -2.34. The monoisotopic (exact) mass is 573 g/mol. The molecule has 0 saturated heterocycles. The number of nitrogens with zero attached hydrogens (tertiary/aromatic N) is 4. The lowest BCUT2D eigenvalue weighted by molar-refractivity contribution is -0.129. The SMILES string of the molecule is CC(F)n1ncc2c1-c1ccnc(c1)[C@@H](N1CCC(c3c(Cl)ccc(Cl)c3F)=CC1=O)CCC[C@@H](C)C(=O)N2.